The normalized spacial score (nSPS) is 30.6. The number of rotatable bonds is 4. The number of nitrogens with one attached hydrogen (secondary N) is 2. The Morgan fingerprint density at radius 3 is 2.78 bits per heavy atom. The van der Waals surface area contributed by atoms with Gasteiger partial charge in [-0.25, -0.2) is 10.4 Å². The highest BCUT2D eigenvalue weighted by Gasteiger charge is 2.43. The minimum atomic E-state index is -1.52. The minimum absolute atomic E-state index is 0.00406. The van der Waals surface area contributed by atoms with Gasteiger partial charge in [0.15, 0.2) is 6.23 Å². The maximum absolute atomic E-state index is 12.6. The number of nitrogens with two attached hydrogens (primary N) is 1. The molecule has 5 atom stereocenters. The van der Waals surface area contributed by atoms with E-state index in [0.29, 0.717) is 10.2 Å². The van der Waals surface area contributed by atoms with Crippen LogP contribution in [0.5, 0.6) is 0 Å². The molecule has 0 bridgehead atoms. The number of hydrazine groups is 1. The van der Waals surface area contributed by atoms with Crippen molar-refractivity contribution < 1.29 is 25.2 Å². The van der Waals surface area contributed by atoms with Gasteiger partial charge in [0.25, 0.3) is 5.56 Å². The van der Waals surface area contributed by atoms with Gasteiger partial charge in [0.1, 0.15) is 29.2 Å². The molecule has 0 spiro atoms. The number of nitrogens with zero attached hydrogens (tertiary/aromatic N) is 2. The average molecular weight is 399 g/mol. The molecule has 1 aliphatic heterocycles. The van der Waals surface area contributed by atoms with E-state index in [1.165, 1.54) is 11.3 Å². The molecule has 0 radical (unpaired) electrons. The largest absolute Gasteiger partial charge is 0.394 e. The van der Waals surface area contributed by atoms with Crippen LogP contribution in [0.15, 0.2) is 4.79 Å². The third-order valence-electron chi connectivity index (χ3n) is 4.99. The maximum Gasteiger partial charge on any atom is 0.282 e. The molecule has 0 aromatic carbocycles. The van der Waals surface area contributed by atoms with E-state index in [0.717, 1.165) is 34.4 Å². The summed E-state index contributed by atoms with van der Waals surface area (Å²) in [6.07, 6.45) is -3.93. The first-order valence-corrected chi connectivity index (χ1v) is 9.38. The first kappa shape index (κ1) is 18.6. The highest BCUT2D eigenvalue weighted by molar-refractivity contribution is 7.18. The van der Waals surface area contributed by atoms with Crippen molar-refractivity contribution in [3.63, 3.8) is 0 Å². The predicted molar refractivity (Wildman–Crippen MR) is 96.6 cm³/mol. The lowest BCUT2D eigenvalue weighted by atomic mass is 9.99. The first-order valence-electron chi connectivity index (χ1n) is 8.56. The Morgan fingerprint density at radius 2 is 2.04 bits per heavy atom. The summed E-state index contributed by atoms with van der Waals surface area (Å²) in [5.74, 6) is 5.87. The molecule has 2 aliphatic rings. The van der Waals surface area contributed by atoms with Gasteiger partial charge in [0, 0.05) is 4.88 Å². The molecule has 2 aromatic rings. The van der Waals surface area contributed by atoms with Crippen LogP contribution in [0.2, 0.25) is 0 Å². The molecule has 2 aromatic heterocycles. The van der Waals surface area contributed by atoms with Crippen molar-refractivity contribution in [1.82, 2.24) is 15.1 Å². The zero-order valence-electron chi connectivity index (χ0n) is 14.2. The summed E-state index contributed by atoms with van der Waals surface area (Å²) in [7, 11) is 0. The molecule has 0 amide bonds. The summed E-state index contributed by atoms with van der Waals surface area (Å²) in [5.41, 5.74) is 5.83. The van der Waals surface area contributed by atoms with Crippen LogP contribution in [0.25, 0.3) is 10.2 Å². The number of hydrogen-bond acceptors (Lipinski definition) is 11. The summed E-state index contributed by atoms with van der Waals surface area (Å²) in [6, 6.07) is 0. The van der Waals surface area contributed by atoms with Crippen LogP contribution in [-0.4, -0.2) is 67.3 Å². The number of anilines is 1. The van der Waals surface area contributed by atoms with Gasteiger partial charge in [0.05, 0.1) is 12.0 Å². The van der Waals surface area contributed by atoms with Gasteiger partial charge in [0.2, 0.25) is 5.95 Å². The second-order valence-corrected chi connectivity index (χ2v) is 7.75. The Balaban J connectivity index is 1.57. The molecule has 27 heavy (non-hydrogen) atoms. The quantitative estimate of drug-likeness (QED) is 0.213. The fraction of sp³-hybridized carbons (Fsp3) is 0.600. The molecule has 4 rings (SSSR count). The van der Waals surface area contributed by atoms with Crippen molar-refractivity contribution in [3.8, 4) is 0 Å². The third-order valence-corrected chi connectivity index (χ3v) is 6.18. The molecule has 1 saturated heterocycles. The topological polar surface area (TPSA) is 175 Å². The Labute approximate surface area is 157 Å². The van der Waals surface area contributed by atoms with Gasteiger partial charge in [-0.05, 0) is 24.8 Å². The first-order chi connectivity index (χ1) is 12.9. The molecule has 1 unspecified atom stereocenters. The van der Waals surface area contributed by atoms with Crippen LogP contribution in [0.4, 0.5) is 5.95 Å². The van der Waals surface area contributed by atoms with Crippen molar-refractivity contribution in [1.29, 1.82) is 0 Å². The van der Waals surface area contributed by atoms with Crippen LogP contribution in [0, 0.1) is 0 Å². The van der Waals surface area contributed by atoms with E-state index in [-0.39, 0.29) is 11.5 Å². The lowest BCUT2D eigenvalue weighted by Crippen LogP contribution is -2.63. The lowest BCUT2D eigenvalue weighted by molar-refractivity contribution is -0.235. The zero-order chi connectivity index (χ0) is 19.3. The van der Waals surface area contributed by atoms with E-state index >= 15 is 0 Å². The highest BCUT2D eigenvalue weighted by atomic mass is 32.1. The standard InChI is InChI=1S/C15H21N5O6S/c16-20-14(25)8-5-2-1-3-7(5)27-13(8)17-15(20)19-18-12-11(24)10(23)9(22)6(4-21)26-12/h6,9-12,18,21-24H,1-4,16H2,(H,17,19)/t6-,9-,10+,11-,12?/m1/s1. The molecule has 1 aliphatic carbocycles. The van der Waals surface area contributed by atoms with Gasteiger partial charge < -0.3 is 31.0 Å². The Bertz CT molecular complexity index is 914. The number of thiophene rings is 1. The van der Waals surface area contributed by atoms with Crippen LogP contribution in [0.3, 0.4) is 0 Å². The monoisotopic (exact) mass is 399 g/mol. The number of aryl methyl sites for hydroxylation is 2. The summed E-state index contributed by atoms with van der Waals surface area (Å²) in [6.45, 7) is -0.546. The van der Waals surface area contributed by atoms with Gasteiger partial charge >= 0.3 is 0 Å². The van der Waals surface area contributed by atoms with Crippen molar-refractivity contribution in [2.24, 2.45) is 0 Å². The van der Waals surface area contributed by atoms with Gasteiger partial charge in [-0.3, -0.25) is 10.2 Å². The fourth-order valence-corrected chi connectivity index (χ4v) is 4.75. The molecule has 1 fully saturated rings. The molecule has 12 heteroatoms. The lowest BCUT2D eigenvalue weighted by Gasteiger charge is -2.40. The number of ether oxygens (including phenoxy) is 1. The van der Waals surface area contributed by atoms with E-state index in [1.54, 1.807) is 0 Å². The van der Waals surface area contributed by atoms with Crippen LogP contribution < -0.4 is 22.3 Å². The Hall–Kier alpha value is -1.80. The number of aliphatic hydroxyl groups excluding tert-OH is 4. The third kappa shape index (κ3) is 2.99. The van der Waals surface area contributed by atoms with E-state index in [4.69, 9.17) is 10.6 Å². The molecular formula is C15H21N5O6S. The molecule has 0 saturated carbocycles. The van der Waals surface area contributed by atoms with Crippen LogP contribution in [-0.2, 0) is 17.6 Å². The number of aliphatic hydroxyl groups is 4. The van der Waals surface area contributed by atoms with E-state index < -0.39 is 37.3 Å². The van der Waals surface area contributed by atoms with E-state index in [9.17, 15) is 25.2 Å². The number of hydrogen-bond donors (Lipinski definition) is 7. The van der Waals surface area contributed by atoms with Crippen molar-refractivity contribution in [3.05, 3.63) is 20.8 Å². The van der Waals surface area contributed by atoms with E-state index in [2.05, 4.69) is 15.8 Å². The number of aromatic nitrogens is 2. The van der Waals surface area contributed by atoms with Crippen LogP contribution in [0.1, 0.15) is 16.9 Å². The van der Waals surface area contributed by atoms with Crippen molar-refractivity contribution >= 4 is 27.5 Å². The average Bonchev–Trinajstić information content (AvgIpc) is 3.23. The van der Waals surface area contributed by atoms with Crippen LogP contribution >= 0.6 is 11.3 Å². The van der Waals surface area contributed by atoms with Crippen molar-refractivity contribution in [2.75, 3.05) is 17.9 Å². The summed E-state index contributed by atoms with van der Waals surface area (Å²) < 4.78 is 6.19. The smallest absolute Gasteiger partial charge is 0.282 e. The second kappa shape index (κ2) is 6.98. The van der Waals surface area contributed by atoms with E-state index in [1.807, 2.05) is 0 Å². The van der Waals surface area contributed by atoms with Gasteiger partial charge in [-0.15, -0.1) is 11.3 Å². The van der Waals surface area contributed by atoms with Gasteiger partial charge in [-0.1, -0.05) is 0 Å². The maximum atomic E-state index is 12.6. The molecule has 148 valence electrons. The fourth-order valence-electron chi connectivity index (χ4n) is 3.50. The Morgan fingerprint density at radius 1 is 1.26 bits per heavy atom. The summed E-state index contributed by atoms with van der Waals surface area (Å²) in [5, 5.41) is 39.4. The molecule has 11 nitrogen and oxygen atoms in total. The molecular weight excluding hydrogens is 378 g/mol. The SMILES string of the molecule is Nn1c(NNC2O[C@H](CO)[C@@H](O)[C@H](O)[C@H]2O)nc2sc3c(c2c1=O)CCC3. The summed E-state index contributed by atoms with van der Waals surface area (Å²) >= 11 is 1.46. The molecule has 3 heterocycles. The number of fused-ring (bicyclic) bond motifs is 3. The number of nitrogen functional groups attached to an aromatic ring is 1. The highest BCUT2D eigenvalue weighted by Crippen LogP contribution is 2.34. The van der Waals surface area contributed by atoms with Crippen molar-refractivity contribution in [2.45, 2.75) is 49.9 Å². The Kier molecular flexibility index (Phi) is 4.80. The second-order valence-electron chi connectivity index (χ2n) is 6.67. The predicted octanol–water partition coefficient (Wildman–Crippen LogP) is -2.62. The summed E-state index contributed by atoms with van der Waals surface area (Å²) in [4.78, 5) is 18.7. The van der Waals surface area contributed by atoms with Gasteiger partial charge in [-0.2, -0.15) is 4.68 Å². The zero-order valence-corrected chi connectivity index (χ0v) is 15.0. The minimum Gasteiger partial charge on any atom is -0.394 e. The molecule has 8 N–H and O–H groups in total.